The summed E-state index contributed by atoms with van der Waals surface area (Å²) in [7, 11) is 0. The normalized spacial score (nSPS) is 9.05. The summed E-state index contributed by atoms with van der Waals surface area (Å²) in [5.74, 6) is -2.94. The molecular weight excluding hydrogens is 578 g/mol. The first-order chi connectivity index (χ1) is 20.2. The summed E-state index contributed by atoms with van der Waals surface area (Å²) < 4.78 is 4.18. The Bertz CT molecular complexity index is 952. The van der Waals surface area contributed by atoms with E-state index < -0.39 is 62.0 Å². The number of benzene rings is 1. The minimum atomic E-state index is -1.11. The summed E-state index contributed by atoms with van der Waals surface area (Å²) >= 11 is 0. The number of aliphatic hydroxyl groups excluding tert-OH is 4. The standard InChI is InChI=1S/C9H6N2O2.C5H12O4.C3H7NO2.3C3H4O2/c12-6-10-9(11-7-13)8-4-2-1-3-5-8;6-1-5(2-7,3-8)4-9;1-2-6-3(4)5;3*1-2-3(4)5/h1-5,9H;6-9H,1-4H2;2H2,1H3,(H2,4,5);3*2H,1H2,(H,4,5). The molecule has 9 N–H and O–H groups in total. The first-order valence-electron chi connectivity index (χ1n) is 11.3. The number of nitrogens with zero attached hydrogens (tertiary/aromatic N) is 2. The first kappa shape index (κ1) is 47.5. The summed E-state index contributed by atoms with van der Waals surface area (Å²) in [5, 5.41) is 56.8. The number of primary amides is 1. The monoisotopic (exact) mass is 615 g/mol. The third kappa shape index (κ3) is 38.9. The number of isocyanates is 2. The number of amides is 1. The first-order valence-corrected chi connectivity index (χ1v) is 11.3. The fraction of sp³-hybridized carbons (Fsp3) is 0.308. The SMILES string of the molecule is C=CC(=O)O.C=CC(=O)O.C=CC(=O)O.CCOC(N)=O.O=C=NC(N=C=O)c1ccccc1.OCC(CO)(CO)CO. The van der Waals surface area contributed by atoms with Gasteiger partial charge in [-0.1, -0.05) is 50.1 Å². The lowest BCUT2D eigenvalue weighted by Crippen LogP contribution is -2.37. The molecule has 0 bridgehead atoms. The maximum atomic E-state index is 9.98. The molecule has 0 aromatic heterocycles. The largest absolute Gasteiger partial charge is 0.478 e. The number of carbonyl (C=O) groups excluding carboxylic acids is 3. The maximum Gasteiger partial charge on any atom is 0.404 e. The van der Waals surface area contributed by atoms with Crippen molar-refractivity contribution in [1.82, 2.24) is 0 Å². The van der Waals surface area contributed by atoms with Gasteiger partial charge in [0.05, 0.1) is 38.4 Å². The molecule has 17 heteroatoms. The molecule has 0 radical (unpaired) electrons. The van der Waals surface area contributed by atoms with Crippen molar-refractivity contribution < 1.29 is 69.2 Å². The van der Waals surface area contributed by atoms with Crippen molar-refractivity contribution >= 4 is 36.2 Å². The molecule has 0 saturated heterocycles. The summed E-state index contributed by atoms with van der Waals surface area (Å²) in [5.41, 5.74) is 4.09. The van der Waals surface area contributed by atoms with Gasteiger partial charge in [0.1, 0.15) is 0 Å². The van der Waals surface area contributed by atoms with E-state index in [1.54, 1.807) is 31.2 Å². The van der Waals surface area contributed by atoms with Crippen molar-refractivity contribution in [3.05, 3.63) is 73.9 Å². The molecule has 0 aliphatic rings. The molecular formula is C26H37N3O14. The van der Waals surface area contributed by atoms with Gasteiger partial charge in [-0.2, -0.15) is 9.98 Å². The van der Waals surface area contributed by atoms with Gasteiger partial charge in [0.15, 0.2) is 6.17 Å². The zero-order chi connectivity index (χ0) is 34.7. The highest BCUT2D eigenvalue weighted by Gasteiger charge is 2.26. The van der Waals surface area contributed by atoms with Crippen LogP contribution in [-0.4, -0.2) is 105 Å². The highest BCUT2D eigenvalue weighted by atomic mass is 16.5. The van der Waals surface area contributed by atoms with Crippen molar-refractivity contribution in [3.63, 3.8) is 0 Å². The highest BCUT2D eigenvalue weighted by Crippen LogP contribution is 2.16. The maximum absolute atomic E-state index is 9.98. The van der Waals surface area contributed by atoms with E-state index in [2.05, 4.69) is 40.2 Å². The number of carboxylic acid groups (broad SMARTS) is 3. The van der Waals surface area contributed by atoms with E-state index in [1.165, 1.54) is 12.2 Å². The summed E-state index contributed by atoms with van der Waals surface area (Å²) in [6, 6.07) is 8.78. The Morgan fingerprint density at radius 1 is 0.814 bits per heavy atom. The zero-order valence-electron chi connectivity index (χ0n) is 23.3. The molecule has 0 unspecified atom stereocenters. The predicted molar refractivity (Wildman–Crippen MR) is 151 cm³/mol. The third-order valence-corrected chi connectivity index (χ3v) is 3.60. The second-order valence-electron chi connectivity index (χ2n) is 6.74. The molecule has 0 aliphatic carbocycles. The second kappa shape index (κ2) is 34.7. The van der Waals surface area contributed by atoms with E-state index in [0.717, 1.165) is 18.2 Å². The summed E-state index contributed by atoms with van der Waals surface area (Å²) in [6.07, 6.45) is 3.69. The number of ether oxygens (including phenoxy) is 1. The topological polar surface area (TPSA) is 304 Å². The van der Waals surface area contributed by atoms with Crippen molar-refractivity contribution in [3.8, 4) is 0 Å². The number of carbonyl (C=O) groups is 4. The van der Waals surface area contributed by atoms with Crippen LogP contribution in [0.2, 0.25) is 0 Å². The van der Waals surface area contributed by atoms with E-state index >= 15 is 0 Å². The number of aliphatic carboxylic acids is 3. The van der Waals surface area contributed by atoms with Crippen LogP contribution in [0.15, 0.2) is 78.3 Å². The van der Waals surface area contributed by atoms with Crippen LogP contribution in [0.5, 0.6) is 0 Å². The molecule has 0 spiro atoms. The molecule has 0 fully saturated rings. The number of rotatable bonds is 11. The molecule has 0 atom stereocenters. The Kier molecular flexibility index (Phi) is 38.4. The van der Waals surface area contributed by atoms with Crippen LogP contribution in [0.4, 0.5) is 4.79 Å². The van der Waals surface area contributed by atoms with Gasteiger partial charge in [-0.15, -0.1) is 0 Å². The van der Waals surface area contributed by atoms with Gasteiger partial charge in [0.25, 0.3) is 0 Å². The Balaban J connectivity index is -0.000000142. The number of aliphatic imine (C=N–C) groups is 2. The van der Waals surface area contributed by atoms with Crippen LogP contribution in [0.3, 0.4) is 0 Å². The van der Waals surface area contributed by atoms with Gasteiger partial charge in [-0.05, 0) is 12.5 Å². The van der Waals surface area contributed by atoms with Crippen molar-refractivity contribution in [2.24, 2.45) is 21.1 Å². The predicted octanol–water partition coefficient (Wildman–Crippen LogP) is 0.171. The lowest BCUT2D eigenvalue weighted by molar-refractivity contribution is -0.132. The van der Waals surface area contributed by atoms with Crippen LogP contribution >= 0.6 is 0 Å². The van der Waals surface area contributed by atoms with E-state index in [0.29, 0.717) is 12.2 Å². The fourth-order valence-electron chi connectivity index (χ4n) is 1.35. The van der Waals surface area contributed by atoms with Crippen molar-refractivity contribution in [2.45, 2.75) is 13.1 Å². The lowest BCUT2D eigenvalue weighted by atomic mass is 9.93. The Morgan fingerprint density at radius 3 is 1.26 bits per heavy atom. The van der Waals surface area contributed by atoms with Crippen LogP contribution < -0.4 is 5.73 Å². The van der Waals surface area contributed by atoms with Gasteiger partial charge >= 0.3 is 24.0 Å². The quantitative estimate of drug-likeness (QED) is 0.0935. The molecule has 1 aromatic rings. The molecule has 0 aliphatic heterocycles. The van der Waals surface area contributed by atoms with Gasteiger partial charge < -0.3 is 46.2 Å². The van der Waals surface area contributed by atoms with E-state index in [-0.39, 0.29) is 0 Å². The minimum absolute atomic E-state index is 0.356. The Hall–Kier alpha value is -5.28. The molecule has 43 heavy (non-hydrogen) atoms. The molecule has 1 rings (SSSR count). The van der Waals surface area contributed by atoms with Crippen molar-refractivity contribution in [1.29, 1.82) is 0 Å². The highest BCUT2D eigenvalue weighted by molar-refractivity contribution is 5.79. The average Bonchev–Trinajstić information content (AvgIpc) is 3.00. The van der Waals surface area contributed by atoms with E-state index in [9.17, 15) is 28.8 Å². The molecule has 0 heterocycles. The van der Waals surface area contributed by atoms with E-state index in [4.69, 9.17) is 35.7 Å². The number of aliphatic hydroxyl groups is 4. The van der Waals surface area contributed by atoms with Crippen LogP contribution in [0.1, 0.15) is 18.7 Å². The third-order valence-electron chi connectivity index (χ3n) is 3.60. The molecule has 1 aromatic carbocycles. The summed E-state index contributed by atoms with van der Waals surface area (Å²) in [4.78, 5) is 64.0. The summed E-state index contributed by atoms with van der Waals surface area (Å²) in [6.45, 7) is 9.31. The molecule has 17 nitrogen and oxygen atoms in total. The van der Waals surface area contributed by atoms with Crippen LogP contribution in [0, 0.1) is 5.41 Å². The lowest BCUT2D eigenvalue weighted by Gasteiger charge is -2.23. The smallest absolute Gasteiger partial charge is 0.404 e. The number of hydrogen-bond donors (Lipinski definition) is 8. The van der Waals surface area contributed by atoms with Crippen LogP contribution in [-0.2, 0) is 28.7 Å². The fourth-order valence-corrected chi connectivity index (χ4v) is 1.35. The Morgan fingerprint density at radius 2 is 1.12 bits per heavy atom. The second-order valence-corrected chi connectivity index (χ2v) is 6.74. The van der Waals surface area contributed by atoms with Crippen molar-refractivity contribution in [2.75, 3.05) is 33.0 Å². The van der Waals surface area contributed by atoms with Crippen LogP contribution in [0.25, 0.3) is 0 Å². The number of nitrogens with two attached hydrogens (primary N) is 1. The number of hydrogen-bond acceptors (Lipinski definition) is 13. The Labute approximate surface area is 246 Å². The minimum Gasteiger partial charge on any atom is -0.478 e. The average molecular weight is 616 g/mol. The van der Waals surface area contributed by atoms with Gasteiger partial charge in [-0.25, -0.2) is 28.8 Å². The number of carboxylic acids is 3. The zero-order valence-corrected chi connectivity index (χ0v) is 23.3. The molecule has 1 amide bonds. The van der Waals surface area contributed by atoms with Gasteiger partial charge in [0, 0.05) is 18.2 Å². The molecule has 240 valence electrons. The van der Waals surface area contributed by atoms with Gasteiger partial charge in [0.2, 0.25) is 12.2 Å². The van der Waals surface area contributed by atoms with E-state index in [1.807, 2.05) is 6.07 Å². The molecule has 0 saturated carbocycles. The van der Waals surface area contributed by atoms with Gasteiger partial charge in [-0.3, -0.25) is 0 Å².